The maximum absolute atomic E-state index is 15.0. The molecule has 7 heteroatoms. The third kappa shape index (κ3) is 6.27. The molecule has 0 spiro atoms. The minimum atomic E-state index is -1.38. The van der Waals surface area contributed by atoms with Crippen LogP contribution in [-0.4, -0.2) is 37.4 Å². The monoisotopic (exact) mass is 469 g/mol. The second-order valence-electron chi connectivity index (χ2n) is 9.52. The van der Waals surface area contributed by atoms with Crippen LogP contribution in [-0.2, 0) is 9.53 Å². The summed E-state index contributed by atoms with van der Waals surface area (Å²) < 4.78 is 19.9. The summed E-state index contributed by atoms with van der Waals surface area (Å²) in [6.07, 6.45) is 2.63. The Balaban J connectivity index is 1.93. The number of hydrogen-bond donors (Lipinski definition) is 2. The van der Waals surface area contributed by atoms with Crippen molar-refractivity contribution in [2.45, 2.75) is 71.0 Å². The normalized spacial score (nSPS) is 16.8. The maximum atomic E-state index is 15.0. The van der Waals surface area contributed by atoms with Gasteiger partial charge in [-0.3, -0.25) is 4.79 Å². The molecule has 1 aliphatic rings. The third-order valence-electron chi connectivity index (χ3n) is 6.54. The number of halogens is 1. The first-order valence-corrected chi connectivity index (χ1v) is 11.9. The minimum Gasteiger partial charge on any atom is -0.469 e. The fraction of sp³-hybridized carbons (Fsp3) is 0.481. The lowest BCUT2D eigenvalue weighted by atomic mass is 9.92. The van der Waals surface area contributed by atoms with Gasteiger partial charge in [0.25, 0.3) is 0 Å². The molecular formula is C27H36FN3O3. The van der Waals surface area contributed by atoms with E-state index in [4.69, 9.17) is 4.74 Å². The average molecular weight is 470 g/mol. The molecule has 0 saturated carbocycles. The van der Waals surface area contributed by atoms with E-state index < -0.39 is 5.67 Å². The molecule has 184 valence electrons. The fourth-order valence-electron chi connectivity index (χ4n) is 4.63. The van der Waals surface area contributed by atoms with Crippen molar-refractivity contribution in [1.29, 1.82) is 0 Å². The van der Waals surface area contributed by atoms with Gasteiger partial charge in [0.2, 0.25) is 0 Å². The van der Waals surface area contributed by atoms with Crippen LogP contribution >= 0.6 is 0 Å². The van der Waals surface area contributed by atoms with Gasteiger partial charge in [0, 0.05) is 12.2 Å². The van der Waals surface area contributed by atoms with E-state index in [0.29, 0.717) is 17.9 Å². The molecule has 0 bridgehead atoms. The summed E-state index contributed by atoms with van der Waals surface area (Å²) in [7, 11) is 1.38. The number of rotatable bonds is 8. The average Bonchev–Trinajstić information content (AvgIpc) is 3.29. The Bertz CT molecular complexity index is 1000. The largest absolute Gasteiger partial charge is 0.469 e. The highest BCUT2D eigenvalue weighted by Gasteiger charge is 2.38. The summed E-state index contributed by atoms with van der Waals surface area (Å²) >= 11 is 0. The third-order valence-corrected chi connectivity index (χ3v) is 6.54. The second kappa shape index (κ2) is 10.9. The summed E-state index contributed by atoms with van der Waals surface area (Å²) in [5.41, 5.74) is 2.71. The van der Waals surface area contributed by atoms with Crippen molar-refractivity contribution in [3.63, 3.8) is 0 Å². The van der Waals surface area contributed by atoms with E-state index in [-0.39, 0.29) is 30.4 Å². The Labute approximate surface area is 201 Å². The molecule has 1 saturated heterocycles. The van der Waals surface area contributed by atoms with E-state index in [0.717, 1.165) is 36.1 Å². The molecule has 2 aromatic carbocycles. The van der Waals surface area contributed by atoms with Crippen molar-refractivity contribution in [1.82, 2.24) is 0 Å². The van der Waals surface area contributed by atoms with Gasteiger partial charge in [-0.05, 0) is 75.8 Å². The van der Waals surface area contributed by atoms with E-state index in [1.165, 1.54) is 7.11 Å². The number of amides is 2. The maximum Gasteiger partial charge on any atom is 0.323 e. The van der Waals surface area contributed by atoms with Gasteiger partial charge >= 0.3 is 12.0 Å². The Morgan fingerprint density at radius 2 is 1.88 bits per heavy atom. The molecule has 2 amide bonds. The molecule has 0 radical (unpaired) electrons. The molecule has 3 rings (SSSR count). The molecule has 6 nitrogen and oxygen atoms in total. The van der Waals surface area contributed by atoms with E-state index in [2.05, 4.69) is 10.6 Å². The lowest BCUT2D eigenvalue weighted by molar-refractivity contribution is -0.141. The molecule has 0 aliphatic carbocycles. The first kappa shape index (κ1) is 25.5. The summed E-state index contributed by atoms with van der Waals surface area (Å²) in [5.74, 6) is -0.324. The summed E-state index contributed by atoms with van der Waals surface area (Å²) in [6, 6.07) is 12.7. The van der Waals surface area contributed by atoms with Crippen LogP contribution in [0.5, 0.6) is 0 Å². The quantitative estimate of drug-likeness (QED) is 0.438. The highest BCUT2D eigenvalue weighted by molar-refractivity contribution is 6.02. The Morgan fingerprint density at radius 1 is 1.18 bits per heavy atom. The molecule has 2 aromatic rings. The van der Waals surface area contributed by atoms with Crippen LogP contribution in [0.25, 0.3) is 0 Å². The van der Waals surface area contributed by atoms with Crippen LogP contribution in [0.3, 0.4) is 0 Å². The zero-order valence-corrected chi connectivity index (χ0v) is 20.8. The van der Waals surface area contributed by atoms with Crippen LogP contribution in [0.2, 0.25) is 0 Å². The predicted octanol–water partition coefficient (Wildman–Crippen LogP) is 6.41. The lowest BCUT2D eigenvalue weighted by Crippen LogP contribution is -2.43. The van der Waals surface area contributed by atoms with Gasteiger partial charge in [-0.2, -0.15) is 0 Å². The molecule has 2 atom stereocenters. The van der Waals surface area contributed by atoms with Crippen molar-refractivity contribution < 1.29 is 18.7 Å². The van der Waals surface area contributed by atoms with Crippen molar-refractivity contribution in [2.75, 3.05) is 29.2 Å². The van der Waals surface area contributed by atoms with E-state index in [1.807, 2.05) is 61.2 Å². The van der Waals surface area contributed by atoms with Gasteiger partial charge in [0.15, 0.2) is 0 Å². The molecule has 2 N–H and O–H groups in total. The number of benzene rings is 2. The first-order chi connectivity index (χ1) is 16.1. The number of alkyl halides is 1. The van der Waals surface area contributed by atoms with Crippen LogP contribution in [0.1, 0.15) is 63.5 Å². The number of esters is 1. The fourth-order valence-corrected chi connectivity index (χ4v) is 4.63. The zero-order valence-electron chi connectivity index (χ0n) is 20.8. The Hall–Kier alpha value is -3.09. The molecule has 1 aliphatic heterocycles. The van der Waals surface area contributed by atoms with Gasteiger partial charge in [-0.1, -0.05) is 30.7 Å². The number of aryl methyl sites for hydroxylation is 1. The molecular weight excluding hydrogens is 433 g/mol. The number of hydrogen-bond acceptors (Lipinski definition) is 4. The number of carbonyl (C=O) groups excluding carboxylic acids is 2. The standard InChI is InChI=1S/C27H36FN3O3/c1-6-19(17-25(32)34-5)20-11-14-23(31-15-7-8-24(31)27(3,4)28)22(16-20)30-26(33)29-21-12-9-18(2)10-13-21/h9-14,16,19,24H,6-8,15,17H2,1-5H3,(H2,29,30,33). The van der Waals surface area contributed by atoms with E-state index >= 15 is 0 Å². The molecule has 2 unspecified atom stereocenters. The predicted molar refractivity (Wildman–Crippen MR) is 135 cm³/mol. The second-order valence-corrected chi connectivity index (χ2v) is 9.52. The Morgan fingerprint density at radius 3 is 2.50 bits per heavy atom. The summed E-state index contributed by atoms with van der Waals surface area (Å²) in [4.78, 5) is 26.9. The van der Waals surface area contributed by atoms with Crippen LogP contribution in [0.4, 0.5) is 26.2 Å². The molecule has 1 fully saturated rings. The van der Waals surface area contributed by atoms with Gasteiger partial charge in [0.1, 0.15) is 5.67 Å². The molecule has 0 aromatic heterocycles. The van der Waals surface area contributed by atoms with Crippen molar-refractivity contribution in [3.05, 3.63) is 53.6 Å². The molecule has 34 heavy (non-hydrogen) atoms. The van der Waals surface area contributed by atoms with Crippen molar-refractivity contribution >= 4 is 29.1 Å². The van der Waals surface area contributed by atoms with Crippen molar-refractivity contribution in [2.24, 2.45) is 0 Å². The number of ether oxygens (including phenoxy) is 1. The zero-order chi connectivity index (χ0) is 24.9. The number of nitrogens with one attached hydrogen (secondary N) is 2. The minimum absolute atomic E-state index is 0.0470. The highest BCUT2D eigenvalue weighted by atomic mass is 19.1. The molecule has 1 heterocycles. The van der Waals surface area contributed by atoms with Crippen molar-refractivity contribution in [3.8, 4) is 0 Å². The van der Waals surface area contributed by atoms with Gasteiger partial charge < -0.3 is 20.3 Å². The summed E-state index contributed by atoms with van der Waals surface area (Å²) in [5, 5.41) is 5.84. The van der Waals surface area contributed by atoms with Crippen LogP contribution in [0.15, 0.2) is 42.5 Å². The first-order valence-electron chi connectivity index (χ1n) is 11.9. The SMILES string of the molecule is CCC(CC(=O)OC)c1ccc(N2CCCC2C(C)(C)F)c(NC(=O)Nc2ccc(C)cc2)c1. The number of nitrogens with zero attached hydrogens (tertiary/aromatic N) is 1. The number of anilines is 3. The van der Waals surface area contributed by atoms with E-state index in [9.17, 15) is 14.0 Å². The van der Waals surface area contributed by atoms with E-state index in [1.54, 1.807) is 13.8 Å². The lowest BCUT2D eigenvalue weighted by Gasteiger charge is -2.35. The topological polar surface area (TPSA) is 70.7 Å². The smallest absolute Gasteiger partial charge is 0.323 e. The number of urea groups is 1. The Kier molecular flexibility index (Phi) is 8.18. The van der Waals surface area contributed by atoms with Crippen LogP contribution in [0, 0.1) is 6.92 Å². The van der Waals surface area contributed by atoms with Gasteiger partial charge in [0.05, 0.1) is 30.9 Å². The number of carbonyl (C=O) groups is 2. The number of methoxy groups -OCH3 is 1. The van der Waals surface area contributed by atoms with Crippen LogP contribution < -0.4 is 15.5 Å². The van der Waals surface area contributed by atoms with Gasteiger partial charge in [-0.15, -0.1) is 0 Å². The highest BCUT2D eigenvalue weighted by Crippen LogP contribution is 2.39. The summed E-state index contributed by atoms with van der Waals surface area (Å²) in [6.45, 7) is 7.92. The van der Waals surface area contributed by atoms with Gasteiger partial charge in [-0.25, -0.2) is 9.18 Å².